The number of benzene rings is 1. The minimum Gasteiger partial charge on any atom is -0.376 e. The molecule has 0 radical (unpaired) electrons. The van der Waals surface area contributed by atoms with Gasteiger partial charge in [0.2, 0.25) is 0 Å². The normalized spacial score (nSPS) is 28.2. The predicted octanol–water partition coefficient (Wildman–Crippen LogP) is 1.10. The molecule has 23 heavy (non-hydrogen) atoms. The summed E-state index contributed by atoms with van der Waals surface area (Å²) in [5, 5.41) is 0. The maximum atomic E-state index is 12.2. The Morgan fingerprint density at radius 1 is 1.00 bits per heavy atom. The van der Waals surface area contributed by atoms with Gasteiger partial charge in [-0.3, -0.25) is 4.18 Å². The minimum atomic E-state index is -3.86. The Balaban J connectivity index is 2.05. The molecule has 1 aromatic rings. The van der Waals surface area contributed by atoms with Crippen molar-refractivity contribution in [3.63, 3.8) is 0 Å². The van der Waals surface area contributed by atoms with Gasteiger partial charge in [-0.1, -0.05) is 17.7 Å². The molecular weight excluding hydrogens is 324 g/mol. The SMILES string of the molecule is CO[C@@H]1O[C@H](COS(=O)(=O)c2ccc(C)cc2)[C@@H](OC)[C@H]1OC. The van der Waals surface area contributed by atoms with Gasteiger partial charge in [0.25, 0.3) is 10.1 Å². The highest BCUT2D eigenvalue weighted by Crippen LogP contribution is 2.27. The van der Waals surface area contributed by atoms with Gasteiger partial charge in [0.1, 0.15) is 18.3 Å². The molecule has 4 atom stereocenters. The average Bonchev–Trinajstić information content (AvgIpc) is 2.90. The van der Waals surface area contributed by atoms with Crippen molar-refractivity contribution in [1.82, 2.24) is 0 Å². The molecule has 1 aliphatic heterocycles. The summed E-state index contributed by atoms with van der Waals surface area (Å²) in [6.45, 7) is 1.69. The highest BCUT2D eigenvalue weighted by Gasteiger charge is 2.46. The second-order valence-electron chi connectivity index (χ2n) is 5.23. The van der Waals surface area contributed by atoms with E-state index in [0.717, 1.165) is 5.56 Å². The number of rotatable bonds is 7. The van der Waals surface area contributed by atoms with Crippen LogP contribution in [-0.4, -0.2) is 61.0 Å². The molecule has 0 unspecified atom stereocenters. The van der Waals surface area contributed by atoms with Crippen molar-refractivity contribution in [2.75, 3.05) is 27.9 Å². The lowest BCUT2D eigenvalue weighted by atomic mass is 10.1. The minimum absolute atomic E-state index is 0.0987. The van der Waals surface area contributed by atoms with Gasteiger partial charge in [0, 0.05) is 21.3 Å². The molecule has 0 N–H and O–H groups in total. The van der Waals surface area contributed by atoms with E-state index in [4.69, 9.17) is 23.1 Å². The monoisotopic (exact) mass is 346 g/mol. The Labute approximate surface area is 136 Å². The van der Waals surface area contributed by atoms with Crippen LogP contribution in [0, 0.1) is 6.92 Å². The van der Waals surface area contributed by atoms with Gasteiger partial charge in [-0.15, -0.1) is 0 Å². The van der Waals surface area contributed by atoms with Crippen molar-refractivity contribution in [3.05, 3.63) is 29.8 Å². The van der Waals surface area contributed by atoms with Gasteiger partial charge < -0.3 is 18.9 Å². The summed E-state index contributed by atoms with van der Waals surface area (Å²) in [5.74, 6) is 0. The van der Waals surface area contributed by atoms with Crippen LogP contribution in [0.15, 0.2) is 29.2 Å². The first kappa shape index (κ1) is 18.3. The van der Waals surface area contributed by atoms with Crippen LogP contribution in [0.1, 0.15) is 5.56 Å². The topological polar surface area (TPSA) is 80.3 Å². The van der Waals surface area contributed by atoms with Crippen molar-refractivity contribution in [2.24, 2.45) is 0 Å². The van der Waals surface area contributed by atoms with Gasteiger partial charge in [0.05, 0.1) is 11.5 Å². The molecule has 1 aromatic carbocycles. The van der Waals surface area contributed by atoms with E-state index < -0.39 is 34.7 Å². The van der Waals surface area contributed by atoms with Crippen molar-refractivity contribution in [1.29, 1.82) is 0 Å². The number of hydrogen-bond donors (Lipinski definition) is 0. The maximum absolute atomic E-state index is 12.2. The molecular formula is C15H22O7S. The molecule has 1 aliphatic rings. The van der Waals surface area contributed by atoms with E-state index in [0.29, 0.717) is 0 Å². The molecule has 2 rings (SSSR count). The molecule has 1 fully saturated rings. The molecule has 7 nitrogen and oxygen atoms in total. The van der Waals surface area contributed by atoms with E-state index in [1.165, 1.54) is 33.5 Å². The fourth-order valence-electron chi connectivity index (χ4n) is 2.48. The summed E-state index contributed by atoms with van der Waals surface area (Å²) < 4.78 is 51.0. The third-order valence-electron chi connectivity index (χ3n) is 3.74. The molecule has 0 bridgehead atoms. The summed E-state index contributed by atoms with van der Waals surface area (Å²) in [7, 11) is 0.632. The predicted molar refractivity (Wildman–Crippen MR) is 81.6 cm³/mol. The largest absolute Gasteiger partial charge is 0.376 e. The molecule has 0 spiro atoms. The molecule has 0 aromatic heterocycles. The Morgan fingerprint density at radius 3 is 2.13 bits per heavy atom. The Bertz CT molecular complexity index is 599. The lowest BCUT2D eigenvalue weighted by Gasteiger charge is -2.20. The van der Waals surface area contributed by atoms with E-state index in [2.05, 4.69) is 0 Å². The fourth-order valence-corrected chi connectivity index (χ4v) is 3.40. The molecule has 130 valence electrons. The smallest absolute Gasteiger partial charge is 0.297 e. The Morgan fingerprint density at radius 2 is 1.61 bits per heavy atom. The van der Waals surface area contributed by atoms with Crippen LogP contribution in [0.4, 0.5) is 0 Å². The quantitative estimate of drug-likeness (QED) is 0.684. The molecule has 0 saturated carbocycles. The lowest BCUT2D eigenvalue weighted by Crippen LogP contribution is -2.38. The van der Waals surface area contributed by atoms with Crippen molar-refractivity contribution < 1.29 is 31.5 Å². The van der Waals surface area contributed by atoms with Crippen molar-refractivity contribution in [2.45, 2.75) is 36.4 Å². The Kier molecular flexibility index (Phi) is 6.12. The van der Waals surface area contributed by atoms with Crippen molar-refractivity contribution >= 4 is 10.1 Å². The molecule has 0 amide bonds. The third kappa shape index (κ3) is 4.09. The zero-order valence-electron chi connectivity index (χ0n) is 13.6. The van der Waals surface area contributed by atoms with Crippen LogP contribution in [0.2, 0.25) is 0 Å². The zero-order valence-corrected chi connectivity index (χ0v) is 14.4. The first-order valence-corrected chi connectivity index (χ1v) is 8.53. The summed E-state index contributed by atoms with van der Waals surface area (Å²) in [6.07, 6.45) is -2.20. The van der Waals surface area contributed by atoms with Crippen LogP contribution in [0.25, 0.3) is 0 Å². The molecule has 1 saturated heterocycles. The van der Waals surface area contributed by atoms with Gasteiger partial charge in [0.15, 0.2) is 6.29 Å². The van der Waals surface area contributed by atoms with Crippen LogP contribution in [-0.2, 0) is 33.2 Å². The highest BCUT2D eigenvalue weighted by atomic mass is 32.2. The van der Waals surface area contributed by atoms with E-state index in [1.54, 1.807) is 12.1 Å². The van der Waals surface area contributed by atoms with Gasteiger partial charge >= 0.3 is 0 Å². The molecule has 1 heterocycles. The maximum Gasteiger partial charge on any atom is 0.297 e. The van der Waals surface area contributed by atoms with Gasteiger partial charge in [-0.25, -0.2) is 0 Å². The molecule has 8 heteroatoms. The highest BCUT2D eigenvalue weighted by molar-refractivity contribution is 7.86. The molecule has 0 aliphatic carbocycles. The van der Waals surface area contributed by atoms with E-state index in [9.17, 15) is 8.42 Å². The van der Waals surface area contributed by atoms with Crippen LogP contribution < -0.4 is 0 Å². The van der Waals surface area contributed by atoms with Crippen molar-refractivity contribution in [3.8, 4) is 0 Å². The lowest BCUT2D eigenvalue weighted by molar-refractivity contribution is -0.158. The fraction of sp³-hybridized carbons (Fsp3) is 0.600. The van der Waals surface area contributed by atoms with E-state index >= 15 is 0 Å². The second kappa shape index (κ2) is 7.69. The first-order chi connectivity index (χ1) is 10.9. The van der Waals surface area contributed by atoms with E-state index in [-0.39, 0.29) is 11.5 Å². The van der Waals surface area contributed by atoms with Gasteiger partial charge in [-0.05, 0) is 19.1 Å². The van der Waals surface area contributed by atoms with Gasteiger partial charge in [-0.2, -0.15) is 8.42 Å². The van der Waals surface area contributed by atoms with Crippen LogP contribution >= 0.6 is 0 Å². The summed E-state index contributed by atoms with van der Waals surface area (Å²) in [5.41, 5.74) is 0.966. The van der Waals surface area contributed by atoms with Crippen LogP contribution in [0.5, 0.6) is 0 Å². The zero-order chi connectivity index (χ0) is 17.0. The number of hydrogen-bond acceptors (Lipinski definition) is 7. The number of aryl methyl sites for hydroxylation is 1. The first-order valence-electron chi connectivity index (χ1n) is 7.13. The average molecular weight is 346 g/mol. The van der Waals surface area contributed by atoms with Crippen LogP contribution in [0.3, 0.4) is 0 Å². The Hall–Kier alpha value is -1.03. The summed E-state index contributed by atoms with van der Waals surface area (Å²) in [4.78, 5) is 0.0987. The third-order valence-corrected chi connectivity index (χ3v) is 5.04. The standard InChI is InChI=1S/C15H22O7S/c1-10-5-7-11(8-6-10)23(16,17)21-9-12-13(18-2)14(19-3)15(20-4)22-12/h5-8,12-15H,9H2,1-4H3/t12-,13-,14-,15-/m1/s1. The number of methoxy groups -OCH3 is 3. The van der Waals surface area contributed by atoms with E-state index in [1.807, 2.05) is 6.92 Å². The summed E-state index contributed by atoms with van der Waals surface area (Å²) in [6, 6.07) is 6.43. The number of ether oxygens (including phenoxy) is 4. The summed E-state index contributed by atoms with van der Waals surface area (Å²) >= 11 is 0. The second-order valence-corrected chi connectivity index (χ2v) is 6.85.